The molecule has 0 radical (unpaired) electrons. The molecule has 0 saturated heterocycles. The average Bonchev–Trinajstić information content (AvgIpc) is 2.33. The Hall–Kier alpha value is -1.65. The van der Waals surface area contributed by atoms with Gasteiger partial charge in [0.15, 0.2) is 5.82 Å². The van der Waals surface area contributed by atoms with Crippen molar-refractivity contribution in [3.63, 3.8) is 0 Å². The van der Waals surface area contributed by atoms with Crippen molar-refractivity contribution in [3.8, 4) is 0 Å². The molecule has 1 aromatic rings. The van der Waals surface area contributed by atoms with Crippen molar-refractivity contribution in [1.82, 2.24) is 0 Å². The number of carbonyl (C=O) groups excluding carboxylic acids is 1. The van der Waals surface area contributed by atoms with Gasteiger partial charge in [-0.2, -0.15) is 0 Å². The van der Waals surface area contributed by atoms with Crippen LogP contribution in [-0.2, 0) is 9.53 Å². The number of methoxy groups -OCH3 is 1. The van der Waals surface area contributed by atoms with Crippen LogP contribution in [0.3, 0.4) is 0 Å². The number of halogens is 2. The van der Waals surface area contributed by atoms with Gasteiger partial charge in [0.2, 0.25) is 0 Å². The predicted molar refractivity (Wildman–Crippen MR) is 60.8 cm³/mol. The Labute approximate surface area is 98.8 Å². The van der Waals surface area contributed by atoms with Gasteiger partial charge in [-0.15, -0.1) is 0 Å². The molecule has 1 rings (SSSR count). The molecule has 0 aliphatic heterocycles. The van der Waals surface area contributed by atoms with Gasteiger partial charge in [-0.05, 0) is 25.0 Å². The SMILES string of the molecule is CCC(Nc1c(F)ccc(C)c1F)C(=O)OC. The highest BCUT2D eigenvalue weighted by Gasteiger charge is 2.20. The molecule has 0 saturated carbocycles. The maximum atomic E-state index is 13.7. The van der Waals surface area contributed by atoms with Crippen molar-refractivity contribution in [1.29, 1.82) is 0 Å². The first-order valence-electron chi connectivity index (χ1n) is 5.30. The van der Waals surface area contributed by atoms with Gasteiger partial charge < -0.3 is 10.1 Å². The highest BCUT2D eigenvalue weighted by atomic mass is 19.1. The van der Waals surface area contributed by atoms with Crippen molar-refractivity contribution >= 4 is 11.7 Å². The minimum atomic E-state index is -0.759. The molecule has 0 aromatic heterocycles. The average molecular weight is 243 g/mol. The summed E-state index contributed by atoms with van der Waals surface area (Å²) in [4.78, 5) is 11.3. The van der Waals surface area contributed by atoms with Gasteiger partial charge in [0.05, 0.1) is 7.11 Å². The normalized spacial score (nSPS) is 12.1. The van der Waals surface area contributed by atoms with Crippen molar-refractivity contribution in [2.45, 2.75) is 26.3 Å². The van der Waals surface area contributed by atoms with E-state index in [4.69, 9.17) is 0 Å². The number of benzene rings is 1. The van der Waals surface area contributed by atoms with Gasteiger partial charge in [-0.1, -0.05) is 13.0 Å². The zero-order valence-corrected chi connectivity index (χ0v) is 10.0. The number of rotatable bonds is 4. The van der Waals surface area contributed by atoms with Gasteiger partial charge >= 0.3 is 5.97 Å². The van der Waals surface area contributed by atoms with Gasteiger partial charge in [0, 0.05) is 0 Å². The van der Waals surface area contributed by atoms with E-state index in [0.717, 1.165) is 6.07 Å². The number of carbonyl (C=O) groups is 1. The number of esters is 1. The van der Waals surface area contributed by atoms with Crippen LogP contribution in [0, 0.1) is 18.6 Å². The second-order valence-electron chi connectivity index (χ2n) is 3.68. The van der Waals surface area contributed by atoms with E-state index < -0.39 is 23.6 Å². The number of hydrogen-bond acceptors (Lipinski definition) is 3. The van der Waals surface area contributed by atoms with Gasteiger partial charge in [0.25, 0.3) is 0 Å². The fourth-order valence-corrected chi connectivity index (χ4v) is 1.43. The third-order valence-electron chi connectivity index (χ3n) is 2.50. The summed E-state index contributed by atoms with van der Waals surface area (Å²) in [7, 11) is 1.23. The lowest BCUT2D eigenvalue weighted by atomic mass is 10.1. The summed E-state index contributed by atoms with van der Waals surface area (Å²) in [5.41, 5.74) is 0.0240. The minimum Gasteiger partial charge on any atom is -0.467 e. The van der Waals surface area contributed by atoms with Gasteiger partial charge in [0.1, 0.15) is 17.5 Å². The summed E-state index contributed by atoms with van der Waals surface area (Å²) in [6.45, 7) is 3.25. The minimum absolute atomic E-state index is 0.290. The smallest absolute Gasteiger partial charge is 0.328 e. The molecule has 5 heteroatoms. The van der Waals surface area contributed by atoms with Crippen LogP contribution in [0.2, 0.25) is 0 Å². The molecule has 1 atom stereocenters. The Morgan fingerprint density at radius 3 is 2.65 bits per heavy atom. The highest BCUT2D eigenvalue weighted by Crippen LogP contribution is 2.23. The van der Waals surface area contributed by atoms with E-state index in [9.17, 15) is 13.6 Å². The van der Waals surface area contributed by atoms with Crippen molar-refractivity contribution in [2.75, 3.05) is 12.4 Å². The van der Waals surface area contributed by atoms with Crippen LogP contribution in [0.5, 0.6) is 0 Å². The third kappa shape index (κ3) is 2.93. The first-order valence-corrected chi connectivity index (χ1v) is 5.30. The molecule has 0 spiro atoms. The standard InChI is InChI=1S/C12H15F2NO2/c1-4-9(12(16)17-3)15-11-8(13)6-5-7(2)10(11)14/h5-6,9,15H,4H2,1-3H3. The summed E-state index contributed by atoms with van der Waals surface area (Å²) in [6.07, 6.45) is 0.374. The number of aryl methyl sites for hydroxylation is 1. The van der Waals surface area contributed by atoms with E-state index in [1.165, 1.54) is 20.1 Å². The first kappa shape index (κ1) is 13.4. The molecule has 3 nitrogen and oxygen atoms in total. The van der Waals surface area contributed by atoms with Crippen LogP contribution in [0.25, 0.3) is 0 Å². The second-order valence-corrected chi connectivity index (χ2v) is 3.68. The Kier molecular flexibility index (Phi) is 4.43. The summed E-state index contributed by atoms with van der Waals surface area (Å²) in [6, 6.07) is 1.74. The molecule has 94 valence electrons. The maximum absolute atomic E-state index is 13.7. The lowest BCUT2D eigenvalue weighted by molar-refractivity contribution is -0.141. The molecule has 0 fully saturated rings. The molecule has 0 heterocycles. The number of ether oxygens (including phenoxy) is 1. The zero-order valence-electron chi connectivity index (χ0n) is 10.0. The van der Waals surface area contributed by atoms with Crippen molar-refractivity contribution in [3.05, 3.63) is 29.3 Å². The van der Waals surface area contributed by atoms with Crippen LogP contribution >= 0.6 is 0 Å². The summed E-state index contributed by atoms with van der Waals surface area (Å²) in [5.74, 6) is -1.96. The van der Waals surface area contributed by atoms with E-state index in [-0.39, 0.29) is 5.69 Å². The van der Waals surface area contributed by atoms with E-state index in [0.29, 0.717) is 12.0 Å². The topological polar surface area (TPSA) is 38.3 Å². The number of hydrogen-bond donors (Lipinski definition) is 1. The number of nitrogens with one attached hydrogen (secondary N) is 1. The van der Waals surface area contributed by atoms with Crippen molar-refractivity contribution < 1.29 is 18.3 Å². The summed E-state index contributed by atoms with van der Waals surface area (Å²) >= 11 is 0. The van der Waals surface area contributed by atoms with E-state index in [1.807, 2.05) is 0 Å². The van der Waals surface area contributed by atoms with Crippen LogP contribution in [0.4, 0.5) is 14.5 Å². The fourth-order valence-electron chi connectivity index (χ4n) is 1.43. The number of anilines is 1. The molecular weight excluding hydrogens is 228 g/mol. The molecule has 17 heavy (non-hydrogen) atoms. The van der Waals surface area contributed by atoms with Crippen molar-refractivity contribution in [2.24, 2.45) is 0 Å². The van der Waals surface area contributed by atoms with Gasteiger partial charge in [-0.3, -0.25) is 0 Å². The first-order chi connectivity index (χ1) is 8.01. The molecule has 0 amide bonds. The Bertz CT molecular complexity index is 421. The largest absolute Gasteiger partial charge is 0.467 e. The van der Waals surface area contributed by atoms with Gasteiger partial charge in [-0.25, -0.2) is 13.6 Å². The molecule has 0 aliphatic carbocycles. The Morgan fingerprint density at radius 1 is 1.47 bits per heavy atom. The lowest BCUT2D eigenvalue weighted by Crippen LogP contribution is -2.30. The Morgan fingerprint density at radius 2 is 2.12 bits per heavy atom. The highest BCUT2D eigenvalue weighted by molar-refractivity contribution is 5.79. The Balaban J connectivity index is 3.01. The maximum Gasteiger partial charge on any atom is 0.328 e. The van der Waals surface area contributed by atoms with Crippen LogP contribution in [0.15, 0.2) is 12.1 Å². The molecular formula is C12H15F2NO2. The summed E-state index contributed by atoms with van der Waals surface area (Å²) in [5, 5.41) is 2.53. The summed E-state index contributed by atoms with van der Waals surface area (Å²) < 4.78 is 31.7. The fraction of sp³-hybridized carbons (Fsp3) is 0.417. The zero-order chi connectivity index (χ0) is 13.0. The molecule has 0 aliphatic rings. The van der Waals surface area contributed by atoms with Crippen LogP contribution in [0.1, 0.15) is 18.9 Å². The lowest BCUT2D eigenvalue weighted by Gasteiger charge is -2.17. The third-order valence-corrected chi connectivity index (χ3v) is 2.50. The quantitative estimate of drug-likeness (QED) is 0.826. The van der Waals surface area contributed by atoms with E-state index >= 15 is 0 Å². The van der Waals surface area contributed by atoms with Crippen LogP contribution < -0.4 is 5.32 Å². The van der Waals surface area contributed by atoms with E-state index in [1.54, 1.807) is 6.92 Å². The monoisotopic (exact) mass is 243 g/mol. The molecule has 1 N–H and O–H groups in total. The molecule has 0 bridgehead atoms. The van der Waals surface area contributed by atoms with Crippen LogP contribution in [-0.4, -0.2) is 19.1 Å². The molecule has 1 aromatic carbocycles. The molecule has 1 unspecified atom stereocenters. The predicted octanol–water partition coefficient (Wildman–Crippen LogP) is 2.64. The van der Waals surface area contributed by atoms with E-state index in [2.05, 4.69) is 10.1 Å². The second kappa shape index (κ2) is 5.61.